The van der Waals surface area contributed by atoms with Gasteiger partial charge in [0, 0.05) is 21.8 Å². The van der Waals surface area contributed by atoms with Crippen molar-refractivity contribution in [3.63, 3.8) is 0 Å². The fourth-order valence-electron chi connectivity index (χ4n) is 2.09. The van der Waals surface area contributed by atoms with E-state index in [1.54, 1.807) is 0 Å². The maximum absolute atomic E-state index is 6.19. The van der Waals surface area contributed by atoms with Crippen LogP contribution in [0, 0.1) is 5.92 Å². The quantitative estimate of drug-likeness (QED) is 0.907. The molecular weight excluding hydrogens is 261 g/mol. The van der Waals surface area contributed by atoms with E-state index in [0.717, 1.165) is 11.4 Å². The fourth-order valence-corrected chi connectivity index (χ4v) is 4.06. The highest BCUT2D eigenvalue weighted by Crippen LogP contribution is 2.30. The summed E-state index contributed by atoms with van der Waals surface area (Å²) in [6.45, 7) is 0. The van der Waals surface area contributed by atoms with Crippen LogP contribution in [0.1, 0.15) is 5.56 Å². The zero-order valence-corrected chi connectivity index (χ0v) is 11.5. The van der Waals surface area contributed by atoms with Crippen molar-refractivity contribution < 1.29 is 0 Å². The Hall–Kier alpha value is 0.110. The van der Waals surface area contributed by atoms with E-state index < -0.39 is 0 Å². The van der Waals surface area contributed by atoms with Crippen LogP contribution in [-0.4, -0.2) is 24.6 Å². The molecule has 2 unspecified atom stereocenters. The molecule has 1 aromatic carbocycles. The summed E-state index contributed by atoms with van der Waals surface area (Å²) in [7, 11) is 2.03. The first-order valence-electron chi connectivity index (χ1n) is 5.39. The zero-order chi connectivity index (χ0) is 11.5. The minimum atomic E-state index is 0.608. The van der Waals surface area contributed by atoms with Gasteiger partial charge in [-0.05, 0) is 42.8 Å². The Bertz CT molecular complexity index is 370. The standard InChI is InChI=1S/C12H15Cl2NS/c1-15-12-7-16-6-9(12)4-8-2-3-10(13)5-11(8)14/h2-3,5,9,12,15H,4,6-7H2,1H3. The smallest absolute Gasteiger partial charge is 0.0452 e. The van der Waals surface area contributed by atoms with Crippen molar-refractivity contribution in [1.29, 1.82) is 0 Å². The first-order chi connectivity index (χ1) is 7.70. The number of rotatable bonds is 3. The Morgan fingerprint density at radius 2 is 2.19 bits per heavy atom. The van der Waals surface area contributed by atoms with Crippen LogP contribution in [0.5, 0.6) is 0 Å². The molecule has 2 rings (SSSR count). The van der Waals surface area contributed by atoms with Crippen LogP contribution in [-0.2, 0) is 6.42 Å². The lowest BCUT2D eigenvalue weighted by Crippen LogP contribution is -2.33. The molecule has 0 amide bonds. The van der Waals surface area contributed by atoms with Crippen molar-refractivity contribution in [1.82, 2.24) is 5.32 Å². The topological polar surface area (TPSA) is 12.0 Å². The van der Waals surface area contributed by atoms with Crippen LogP contribution >= 0.6 is 35.0 Å². The molecule has 1 aliphatic heterocycles. The summed E-state index contributed by atoms with van der Waals surface area (Å²) >= 11 is 14.1. The van der Waals surface area contributed by atoms with Gasteiger partial charge in [0.15, 0.2) is 0 Å². The number of hydrogen-bond acceptors (Lipinski definition) is 2. The summed E-state index contributed by atoms with van der Waals surface area (Å²) in [5, 5.41) is 4.87. The highest BCUT2D eigenvalue weighted by atomic mass is 35.5. The Kier molecular flexibility index (Phi) is 4.42. The second-order valence-electron chi connectivity index (χ2n) is 4.13. The van der Waals surface area contributed by atoms with Gasteiger partial charge in [0.25, 0.3) is 0 Å². The van der Waals surface area contributed by atoms with Gasteiger partial charge in [-0.1, -0.05) is 29.3 Å². The number of thioether (sulfide) groups is 1. The van der Waals surface area contributed by atoms with E-state index in [1.807, 2.05) is 37.0 Å². The molecule has 0 aliphatic carbocycles. The molecule has 1 fully saturated rings. The lowest BCUT2D eigenvalue weighted by atomic mass is 9.95. The third-order valence-electron chi connectivity index (χ3n) is 3.07. The van der Waals surface area contributed by atoms with Gasteiger partial charge in [0.05, 0.1) is 0 Å². The Morgan fingerprint density at radius 1 is 1.38 bits per heavy atom. The van der Waals surface area contributed by atoms with E-state index in [0.29, 0.717) is 17.0 Å². The molecule has 88 valence electrons. The van der Waals surface area contributed by atoms with E-state index in [2.05, 4.69) is 5.32 Å². The average Bonchev–Trinajstić information content (AvgIpc) is 2.69. The van der Waals surface area contributed by atoms with Gasteiger partial charge >= 0.3 is 0 Å². The maximum Gasteiger partial charge on any atom is 0.0452 e. The molecule has 1 saturated heterocycles. The van der Waals surface area contributed by atoms with E-state index in [1.165, 1.54) is 17.1 Å². The summed E-state index contributed by atoms with van der Waals surface area (Å²) in [5.41, 5.74) is 1.21. The van der Waals surface area contributed by atoms with Crippen LogP contribution < -0.4 is 5.32 Å². The van der Waals surface area contributed by atoms with Gasteiger partial charge in [-0.25, -0.2) is 0 Å². The molecule has 0 radical (unpaired) electrons. The average molecular weight is 276 g/mol. The minimum absolute atomic E-state index is 0.608. The number of hydrogen-bond donors (Lipinski definition) is 1. The van der Waals surface area contributed by atoms with Crippen molar-refractivity contribution in [2.75, 3.05) is 18.6 Å². The lowest BCUT2D eigenvalue weighted by molar-refractivity contribution is 0.453. The summed E-state index contributed by atoms with van der Waals surface area (Å²) in [6, 6.07) is 6.39. The lowest BCUT2D eigenvalue weighted by Gasteiger charge is -2.18. The van der Waals surface area contributed by atoms with Gasteiger partial charge in [-0.2, -0.15) is 11.8 Å². The Morgan fingerprint density at radius 3 is 2.88 bits per heavy atom. The normalized spacial score (nSPS) is 24.9. The molecule has 16 heavy (non-hydrogen) atoms. The molecule has 1 aliphatic rings. The first kappa shape index (κ1) is 12.6. The second-order valence-corrected chi connectivity index (χ2v) is 6.05. The highest BCUT2D eigenvalue weighted by molar-refractivity contribution is 7.99. The molecule has 4 heteroatoms. The molecule has 2 atom stereocenters. The molecule has 1 N–H and O–H groups in total. The SMILES string of the molecule is CNC1CSCC1Cc1ccc(Cl)cc1Cl. The Balaban J connectivity index is 2.08. The van der Waals surface area contributed by atoms with Crippen molar-refractivity contribution in [2.45, 2.75) is 12.5 Å². The van der Waals surface area contributed by atoms with Gasteiger partial charge in [0.1, 0.15) is 0 Å². The monoisotopic (exact) mass is 275 g/mol. The molecule has 0 saturated carbocycles. The van der Waals surface area contributed by atoms with Crippen LogP contribution in [0.15, 0.2) is 18.2 Å². The van der Waals surface area contributed by atoms with Gasteiger partial charge in [-0.15, -0.1) is 0 Å². The minimum Gasteiger partial charge on any atom is -0.316 e. The highest BCUT2D eigenvalue weighted by Gasteiger charge is 2.26. The number of halogens is 2. The number of benzene rings is 1. The fraction of sp³-hybridized carbons (Fsp3) is 0.500. The molecule has 0 spiro atoms. The Labute approximate surface area is 111 Å². The predicted molar refractivity (Wildman–Crippen MR) is 73.8 cm³/mol. The first-order valence-corrected chi connectivity index (χ1v) is 7.30. The number of nitrogens with one attached hydrogen (secondary N) is 1. The molecule has 1 aromatic rings. The molecule has 1 heterocycles. The van der Waals surface area contributed by atoms with E-state index >= 15 is 0 Å². The maximum atomic E-state index is 6.19. The van der Waals surface area contributed by atoms with Crippen LogP contribution in [0.25, 0.3) is 0 Å². The van der Waals surface area contributed by atoms with Crippen molar-refractivity contribution in [3.8, 4) is 0 Å². The van der Waals surface area contributed by atoms with Gasteiger partial charge < -0.3 is 5.32 Å². The van der Waals surface area contributed by atoms with E-state index in [-0.39, 0.29) is 0 Å². The molecule has 0 bridgehead atoms. The van der Waals surface area contributed by atoms with E-state index in [4.69, 9.17) is 23.2 Å². The molecular formula is C12H15Cl2NS. The second kappa shape index (κ2) is 5.63. The van der Waals surface area contributed by atoms with E-state index in [9.17, 15) is 0 Å². The molecule has 0 aromatic heterocycles. The van der Waals surface area contributed by atoms with Gasteiger partial charge in [0.2, 0.25) is 0 Å². The summed E-state index contributed by atoms with van der Waals surface area (Å²) in [6.07, 6.45) is 1.04. The summed E-state index contributed by atoms with van der Waals surface area (Å²) in [5.74, 6) is 3.09. The third-order valence-corrected chi connectivity index (χ3v) is 4.91. The predicted octanol–water partition coefficient (Wildman–Crippen LogP) is 3.49. The molecule has 1 nitrogen and oxygen atoms in total. The zero-order valence-electron chi connectivity index (χ0n) is 9.17. The summed E-state index contributed by atoms with van der Waals surface area (Å²) in [4.78, 5) is 0. The van der Waals surface area contributed by atoms with Crippen molar-refractivity contribution in [3.05, 3.63) is 33.8 Å². The van der Waals surface area contributed by atoms with Crippen LogP contribution in [0.3, 0.4) is 0 Å². The largest absolute Gasteiger partial charge is 0.316 e. The van der Waals surface area contributed by atoms with Crippen LogP contribution in [0.4, 0.5) is 0 Å². The van der Waals surface area contributed by atoms with Crippen molar-refractivity contribution in [2.24, 2.45) is 5.92 Å². The third kappa shape index (κ3) is 2.86. The van der Waals surface area contributed by atoms with Crippen LogP contribution in [0.2, 0.25) is 10.0 Å². The summed E-state index contributed by atoms with van der Waals surface area (Å²) < 4.78 is 0. The van der Waals surface area contributed by atoms with Crippen molar-refractivity contribution >= 4 is 35.0 Å². The van der Waals surface area contributed by atoms with Gasteiger partial charge in [-0.3, -0.25) is 0 Å².